The molecule has 0 N–H and O–H groups in total. The van der Waals surface area contributed by atoms with Gasteiger partial charge in [0.15, 0.2) is 0 Å². The quantitative estimate of drug-likeness (QED) is 0.0933. The third kappa shape index (κ3) is 9.94. The van der Waals surface area contributed by atoms with Crippen molar-refractivity contribution in [1.29, 1.82) is 0 Å². The number of rotatable bonds is 11. The Hall–Kier alpha value is -8.36. The van der Waals surface area contributed by atoms with E-state index in [1.54, 1.807) is 72.8 Å². The van der Waals surface area contributed by atoms with Gasteiger partial charge in [-0.05, 0) is 195 Å². The van der Waals surface area contributed by atoms with Crippen LogP contribution in [0.5, 0.6) is 23.0 Å². The van der Waals surface area contributed by atoms with E-state index in [4.69, 9.17) is 18.9 Å². The Morgan fingerprint density at radius 3 is 0.943 bits per heavy atom. The molecular weight excluding hydrogens is 873 g/mol. The van der Waals surface area contributed by atoms with E-state index in [1.165, 1.54) is 11.1 Å². The van der Waals surface area contributed by atoms with E-state index < -0.39 is 23.9 Å². The Labute approximate surface area is 407 Å². The van der Waals surface area contributed by atoms with Crippen LogP contribution in [-0.4, -0.2) is 23.9 Å². The maximum absolute atomic E-state index is 14.1. The summed E-state index contributed by atoms with van der Waals surface area (Å²) in [6.45, 7) is 3.93. The molecule has 2 aliphatic carbocycles. The third-order valence-electron chi connectivity index (χ3n) is 13.3. The van der Waals surface area contributed by atoms with Gasteiger partial charge in [-0.1, -0.05) is 96.1 Å². The molecule has 0 saturated carbocycles. The van der Waals surface area contributed by atoms with Crippen molar-refractivity contribution in [3.05, 3.63) is 225 Å². The van der Waals surface area contributed by atoms with Gasteiger partial charge in [0.25, 0.3) is 0 Å². The molecule has 0 radical (unpaired) electrons. The zero-order valence-corrected chi connectivity index (χ0v) is 39.1. The average molecular weight is 923 g/mol. The molecule has 0 spiro atoms. The normalized spacial score (nSPS) is 12.8. The Morgan fingerprint density at radius 2 is 0.600 bits per heavy atom. The smallest absolute Gasteiger partial charge is 0.343 e. The van der Waals surface area contributed by atoms with Crippen molar-refractivity contribution in [2.24, 2.45) is 0 Å². The van der Waals surface area contributed by atoms with E-state index in [1.807, 2.05) is 98.8 Å². The molecule has 0 bridgehead atoms. The van der Waals surface area contributed by atoms with Gasteiger partial charge < -0.3 is 18.9 Å². The summed E-state index contributed by atoms with van der Waals surface area (Å²) in [6.07, 6.45) is 7.55. The summed E-state index contributed by atoms with van der Waals surface area (Å²) in [5.41, 5.74) is 13.7. The number of carbonyl (C=O) groups is 4. The Bertz CT molecular complexity index is 3020. The van der Waals surface area contributed by atoms with Gasteiger partial charge in [0.2, 0.25) is 0 Å². The standard InChI is InChI=1S/C62H50O8/c1-39-11-15-47(16-12-39)59(63)67-51-33-27-43(28-34-51)41-19-23-49(24-20-41)61(65)69-55-37-31-45-7-3-5-9-53(45)57(55)58-54-10-6-4-8-46(54)32-38-56(58)70-62(66)50-25-21-42(22-26-50)44-29-35-52(36-30-44)68-60(64)48-17-13-40(2)14-18-48/h11-38H,3-10H2,1-2H3. The Kier molecular flexibility index (Phi) is 13.0. The maximum atomic E-state index is 14.1. The minimum absolute atomic E-state index is 0.388. The molecule has 0 amide bonds. The number of fused-ring (bicyclic) bond motifs is 2. The van der Waals surface area contributed by atoms with Crippen LogP contribution >= 0.6 is 0 Å². The molecule has 8 nitrogen and oxygen atoms in total. The van der Waals surface area contributed by atoms with Gasteiger partial charge >= 0.3 is 23.9 Å². The van der Waals surface area contributed by atoms with Crippen molar-refractivity contribution in [2.45, 2.75) is 65.2 Å². The molecule has 0 aliphatic heterocycles. The number of benzene rings is 8. The maximum Gasteiger partial charge on any atom is 0.343 e. The average Bonchev–Trinajstić information content (AvgIpc) is 3.39. The highest BCUT2D eigenvalue weighted by Gasteiger charge is 2.29. The van der Waals surface area contributed by atoms with Gasteiger partial charge in [0.05, 0.1) is 22.3 Å². The highest BCUT2D eigenvalue weighted by molar-refractivity contribution is 5.97. The zero-order valence-electron chi connectivity index (χ0n) is 39.1. The third-order valence-corrected chi connectivity index (χ3v) is 13.3. The number of ether oxygens (including phenoxy) is 4. The monoisotopic (exact) mass is 922 g/mol. The van der Waals surface area contributed by atoms with Crippen molar-refractivity contribution in [3.8, 4) is 56.4 Å². The number of aryl methyl sites for hydroxylation is 4. The van der Waals surface area contributed by atoms with Crippen molar-refractivity contribution < 1.29 is 38.1 Å². The minimum atomic E-state index is -0.497. The second-order valence-electron chi connectivity index (χ2n) is 18.1. The van der Waals surface area contributed by atoms with Gasteiger partial charge in [-0.3, -0.25) is 0 Å². The van der Waals surface area contributed by atoms with Gasteiger partial charge in [-0.25, -0.2) is 19.2 Å². The molecule has 2 aliphatic rings. The Balaban J connectivity index is 0.878. The first-order valence-electron chi connectivity index (χ1n) is 23.9. The molecule has 0 heterocycles. The fourth-order valence-corrected chi connectivity index (χ4v) is 9.39. The van der Waals surface area contributed by atoms with Crippen molar-refractivity contribution in [3.63, 3.8) is 0 Å². The summed E-state index contributed by atoms with van der Waals surface area (Å²) < 4.78 is 24.0. The summed E-state index contributed by atoms with van der Waals surface area (Å²) >= 11 is 0. The number of carbonyl (C=O) groups excluding carboxylic acids is 4. The van der Waals surface area contributed by atoms with Gasteiger partial charge in [-0.15, -0.1) is 0 Å². The first-order chi connectivity index (χ1) is 34.1. The van der Waals surface area contributed by atoms with Crippen LogP contribution in [0.3, 0.4) is 0 Å². The van der Waals surface area contributed by atoms with E-state index >= 15 is 0 Å². The number of hydrogen-bond acceptors (Lipinski definition) is 8. The van der Waals surface area contributed by atoms with E-state index in [2.05, 4.69) is 12.1 Å². The zero-order chi connectivity index (χ0) is 48.1. The van der Waals surface area contributed by atoms with Crippen LogP contribution in [0, 0.1) is 13.8 Å². The van der Waals surface area contributed by atoms with E-state index in [-0.39, 0.29) is 0 Å². The molecule has 10 rings (SSSR count). The lowest BCUT2D eigenvalue weighted by Crippen LogP contribution is -2.15. The molecule has 0 aromatic heterocycles. The van der Waals surface area contributed by atoms with Crippen LogP contribution in [0.1, 0.15) is 100 Å². The summed E-state index contributed by atoms with van der Waals surface area (Å²) in [5.74, 6) is -0.112. The molecule has 8 aromatic rings. The van der Waals surface area contributed by atoms with Crippen LogP contribution in [-0.2, 0) is 25.7 Å². The molecule has 70 heavy (non-hydrogen) atoms. The van der Waals surface area contributed by atoms with Crippen molar-refractivity contribution in [2.75, 3.05) is 0 Å². The molecular formula is C62H50O8. The largest absolute Gasteiger partial charge is 0.423 e. The van der Waals surface area contributed by atoms with Gasteiger partial charge in [0, 0.05) is 11.1 Å². The Morgan fingerprint density at radius 1 is 0.314 bits per heavy atom. The molecule has 0 fully saturated rings. The molecule has 8 heteroatoms. The lowest BCUT2D eigenvalue weighted by atomic mass is 9.80. The van der Waals surface area contributed by atoms with Crippen LogP contribution < -0.4 is 18.9 Å². The molecule has 346 valence electrons. The molecule has 8 aromatic carbocycles. The lowest BCUT2D eigenvalue weighted by Gasteiger charge is -2.27. The van der Waals surface area contributed by atoms with E-state index in [9.17, 15) is 19.2 Å². The highest BCUT2D eigenvalue weighted by Crippen LogP contribution is 2.47. The first kappa shape index (κ1) is 45.4. The SMILES string of the molecule is Cc1ccc(C(=O)Oc2ccc(-c3ccc(C(=O)Oc4ccc5c(c4-c4c(OC(=O)c6ccc(-c7ccc(OC(=O)c8ccc(C)cc8)cc7)cc6)ccc6c4CCCC6)CCCC5)cc3)cc2)cc1. The molecule has 0 unspecified atom stereocenters. The van der Waals surface area contributed by atoms with Gasteiger partial charge in [0.1, 0.15) is 23.0 Å². The predicted octanol–water partition coefficient (Wildman–Crippen LogP) is 13.9. The second-order valence-corrected chi connectivity index (χ2v) is 18.1. The summed E-state index contributed by atoms with van der Waals surface area (Å²) in [6, 6.07) is 51.4. The van der Waals surface area contributed by atoms with Gasteiger partial charge in [-0.2, -0.15) is 0 Å². The molecule has 0 saturated heterocycles. The minimum Gasteiger partial charge on any atom is -0.423 e. The number of esters is 4. The van der Waals surface area contributed by atoms with Crippen molar-refractivity contribution >= 4 is 23.9 Å². The summed E-state index contributed by atoms with van der Waals surface area (Å²) in [4.78, 5) is 53.6. The van der Waals surface area contributed by atoms with Crippen LogP contribution in [0.25, 0.3) is 33.4 Å². The second kappa shape index (κ2) is 20.1. The van der Waals surface area contributed by atoms with Crippen LogP contribution in [0.2, 0.25) is 0 Å². The van der Waals surface area contributed by atoms with Crippen molar-refractivity contribution in [1.82, 2.24) is 0 Å². The van der Waals surface area contributed by atoms with E-state index in [0.29, 0.717) is 45.3 Å². The summed E-state index contributed by atoms with van der Waals surface area (Å²) in [5, 5.41) is 0. The number of hydrogen-bond donors (Lipinski definition) is 0. The molecule has 0 atom stereocenters. The lowest BCUT2D eigenvalue weighted by molar-refractivity contribution is 0.0723. The highest BCUT2D eigenvalue weighted by atomic mass is 16.5. The van der Waals surface area contributed by atoms with Crippen LogP contribution in [0.15, 0.2) is 170 Å². The fourth-order valence-electron chi connectivity index (χ4n) is 9.39. The van der Waals surface area contributed by atoms with Crippen LogP contribution in [0.4, 0.5) is 0 Å². The predicted molar refractivity (Wildman–Crippen MR) is 271 cm³/mol. The fraction of sp³-hybridized carbons (Fsp3) is 0.161. The summed E-state index contributed by atoms with van der Waals surface area (Å²) in [7, 11) is 0. The van der Waals surface area contributed by atoms with E-state index in [0.717, 1.165) is 107 Å². The topological polar surface area (TPSA) is 105 Å². The first-order valence-corrected chi connectivity index (χ1v) is 23.9.